The summed E-state index contributed by atoms with van der Waals surface area (Å²) in [5.74, 6) is 0. The number of aromatic amines is 1. The molecule has 0 bridgehead atoms. The summed E-state index contributed by atoms with van der Waals surface area (Å²) < 4.78 is 31.4. The van der Waals surface area contributed by atoms with Crippen molar-refractivity contribution in [2.24, 2.45) is 0 Å². The van der Waals surface area contributed by atoms with Gasteiger partial charge in [-0.25, -0.2) is 13.1 Å². The van der Waals surface area contributed by atoms with E-state index >= 15 is 0 Å². The molecule has 0 unspecified atom stereocenters. The molecule has 0 aliphatic carbocycles. The Morgan fingerprint density at radius 3 is 2.74 bits per heavy atom. The summed E-state index contributed by atoms with van der Waals surface area (Å²) >= 11 is 5.58. The van der Waals surface area contributed by atoms with Gasteiger partial charge in [0.05, 0.1) is 11.0 Å². The molecule has 0 saturated carbocycles. The zero-order valence-corrected chi connectivity index (χ0v) is 12.3. The highest BCUT2D eigenvalue weighted by atomic mass is 35.5. The van der Waals surface area contributed by atoms with Crippen LogP contribution in [0.2, 0.25) is 5.02 Å². The normalized spacial score (nSPS) is 12.0. The Hall–Kier alpha value is -0.890. The van der Waals surface area contributed by atoms with Crippen molar-refractivity contribution in [1.29, 1.82) is 0 Å². The van der Waals surface area contributed by atoms with Crippen LogP contribution in [-0.4, -0.2) is 32.7 Å². The van der Waals surface area contributed by atoms with Crippen molar-refractivity contribution in [1.82, 2.24) is 9.71 Å². The number of ether oxygens (including phenoxy) is 1. The molecule has 108 valence electrons. The maximum atomic E-state index is 11.9. The van der Waals surface area contributed by atoms with Crippen LogP contribution in [0.25, 0.3) is 0 Å². The number of aromatic nitrogens is 1. The molecule has 0 amide bonds. The van der Waals surface area contributed by atoms with E-state index in [-0.39, 0.29) is 22.6 Å². The minimum atomic E-state index is -3.66. The summed E-state index contributed by atoms with van der Waals surface area (Å²) in [6, 6.07) is 1.12. The minimum absolute atomic E-state index is 0.0677. The lowest BCUT2D eigenvalue weighted by Gasteiger charge is -2.09. The number of hydrogen-bond acceptors (Lipinski definition) is 4. The summed E-state index contributed by atoms with van der Waals surface area (Å²) in [6.07, 6.45) is 1.80. The molecule has 6 nitrogen and oxygen atoms in total. The Morgan fingerprint density at radius 2 is 2.16 bits per heavy atom. The molecule has 0 aliphatic heterocycles. The van der Waals surface area contributed by atoms with Crippen molar-refractivity contribution < 1.29 is 13.2 Å². The van der Waals surface area contributed by atoms with E-state index in [9.17, 15) is 13.2 Å². The largest absolute Gasteiger partial charge is 0.379 e. The quantitative estimate of drug-likeness (QED) is 0.739. The van der Waals surface area contributed by atoms with Gasteiger partial charge < -0.3 is 9.72 Å². The number of halogens is 1. The number of pyridine rings is 1. The fraction of sp³-hybridized carbons (Fsp3) is 0.545. The van der Waals surface area contributed by atoms with Gasteiger partial charge in [0.15, 0.2) is 0 Å². The van der Waals surface area contributed by atoms with Gasteiger partial charge in [-0.3, -0.25) is 4.79 Å². The molecule has 0 atom stereocenters. The molecule has 0 fully saturated rings. The molecule has 0 spiro atoms. The number of rotatable bonds is 7. The predicted octanol–water partition coefficient (Wildman–Crippen LogP) is 1.12. The predicted molar refractivity (Wildman–Crippen MR) is 73.0 cm³/mol. The molecule has 0 saturated heterocycles. The highest BCUT2D eigenvalue weighted by molar-refractivity contribution is 7.89. The van der Waals surface area contributed by atoms with Crippen molar-refractivity contribution in [3.05, 3.63) is 27.6 Å². The average molecular weight is 309 g/mol. The third kappa shape index (κ3) is 5.32. The molecule has 1 aromatic heterocycles. The zero-order chi connectivity index (χ0) is 14.5. The molecule has 0 aromatic carbocycles. The van der Waals surface area contributed by atoms with Crippen molar-refractivity contribution in [3.63, 3.8) is 0 Å². The maximum absolute atomic E-state index is 11.9. The Bertz CT molecular complexity index is 568. The van der Waals surface area contributed by atoms with E-state index in [1.807, 2.05) is 13.8 Å². The first-order valence-corrected chi connectivity index (χ1v) is 7.68. The van der Waals surface area contributed by atoms with Crippen LogP contribution in [0.5, 0.6) is 0 Å². The Morgan fingerprint density at radius 1 is 1.47 bits per heavy atom. The van der Waals surface area contributed by atoms with Crippen LogP contribution in [0.1, 0.15) is 20.3 Å². The van der Waals surface area contributed by atoms with Crippen LogP contribution in [0.4, 0.5) is 0 Å². The highest BCUT2D eigenvalue weighted by Crippen LogP contribution is 2.10. The van der Waals surface area contributed by atoms with Crippen molar-refractivity contribution >= 4 is 21.6 Å². The van der Waals surface area contributed by atoms with E-state index in [1.165, 1.54) is 0 Å². The van der Waals surface area contributed by atoms with Crippen LogP contribution in [-0.2, 0) is 14.8 Å². The number of sulfonamides is 1. The molecule has 8 heteroatoms. The third-order valence-electron chi connectivity index (χ3n) is 2.21. The maximum Gasteiger partial charge on any atom is 0.266 e. The Balaban J connectivity index is 2.56. The van der Waals surface area contributed by atoms with E-state index in [0.717, 1.165) is 12.3 Å². The second-order valence-corrected chi connectivity index (χ2v) is 6.36. The third-order valence-corrected chi connectivity index (χ3v) is 3.93. The summed E-state index contributed by atoms with van der Waals surface area (Å²) in [5.41, 5.74) is -0.522. The van der Waals surface area contributed by atoms with Crippen LogP contribution in [0, 0.1) is 0 Å². The first-order valence-electron chi connectivity index (χ1n) is 5.82. The van der Waals surface area contributed by atoms with E-state index in [1.54, 1.807) is 0 Å². The van der Waals surface area contributed by atoms with Gasteiger partial charge in [-0.15, -0.1) is 0 Å². The lowest BCUT2D eigenvalue weighted by atomic mass is 10.4. The van der Waals surface area contributed by atoms with Gasteiger partial charge in [0.2, 0.25) is 10.0 Å². The second kappa shape index (κ2) is 7.04. The zero-order valence-electron chi connectivity index (χ0n) is 10.8. The van der Waals surface area contributed by atoms with Gasteiger partial charge in [-0.05, 0) is 26.3 Å². The molecule has 2 N–H and O–H groups in total. The van der Waals surface area contributed by atoms with E-state index in [4.69, 9.17) is 16.3 Å². The number of hydrogen-bond donors (Lipinski definition) is 2. The molecule has 0 radical (unpaired) electrons. The van der Waals surface area contributed by atoms with Gasteiger partial charge in [-0.1, -0.05) is 11.6 Å². The second-order valence-electron chi connectivity index (χ2n) is 4.18. The van der Waals surface area contributed by atoms with Crippen LogP contribution in [0.3, 0.4) is 0 Å². The molecule has 19 heavy (non-hydrogen) atoms. The summed E-state index contributed by atoms with van der Waals surface area (Å²) in [7, 11) is -3.66. The Kier molecular flexibility index (Phi) is 5.99. The molecule has 0 aliphatic rings. The molecular weight excluding hydrogens is 292 g/mol. The van der Waals surface area contributed by atoms with E-state index in [0.29, 0.717) is 13.0 Å². The fourth-order valence-electron chi connectivity index (χ4n) is 1.27. The summed E-state index contributed by atoms with van der Waals surface area (Å²) in [6.45, 7) is 4.55. The fourth-order valence-corrected chi connectivity index (χ4v) is 2.58. The lowest BCUT2D eigenvalue weighted by Crippen LogP contribution is -2.26. The van der Waals surface area contributed by atoms with E-state index in [2.05, 4.69) is 9.71 Å². The molecule has 1 rings (SSSR count). The summed E-state index contributed by atoms with van der Waals surface area (Å²) in [4.78, 5) is 13.2. The molecule has 1 heterocycles. The minimum Gasteiger partial charge on any atom is -0.379 e. The summed E-state index contributed by atoms with van der Waals surface area (Å²) in [5, 5.41) is -0.161. The van der Waals surface area contributed by atoms with Gasteiger partial charge >= 0.3 is 0 Å². The van der Waals surface area contributed by atoms with E-state index < -0.39 is 15.6 Å². The first-order chi connectivity index (χ1) is 8.83. The van der Waals surface area contributed by atoms with Crippen LogP contribution < -0.4 is 10.3 Å². The van der Waals surface area contributed by atoms with Crippen LogP contribution >= 0.6 is 11.6 Å². The standard InChI is InChI=1S/C11H17ClN2O4S/c1-8(2)18-5-3-4-14-19(16,17)9-6-10(12)11(15)13-7-9/h6-8,14H,3-5H2,1-2H3,(H,13,15). The Labute approximate surface area is 117 Å². The topological polar surface area (TPSA) is 88.3 Å². The lowest BCUT2D eigenvalue weighted by molar-refractivity contribution is 0.0778. The van der Waals surface area contributed by atoms with Crippen molar-refractivity contribution in [2.45, 2.75) is 31.3 Å². The van der Waals surface area contributed by atoms with Gasteiger partial charge in [-0.2, -0.15) is 0 Å². The highest BCUT2D eigenvalue weighted by Gasteiger charge is 2.14. The average Bonchev–Trinajstić information content (AvgIpc) is 2.31. The number of H-pyrrole nitrogens is 1. The first kappa shape index (κ1) is 16.2. The van der Waals surface area contributed by atoms with Gasteiger partial charge in [0.25, 0.3) is 5.56 Å². The molecular formula is C11H17ClN2O4S. The SMILES string of the molecule is CC(C)OCCCNS(=O)(=O)c1c[nH]c(=O)c(Cl)c1. The monoisotopic (exact) mass is 308 g/mol. The van der Waals surface area contributed by atoms with Crippen LogP contribution in [0.15, 0.2) is 22.0 Å². The molecule has 1 aromatic rings. The van der Waals surface area contributed by atoms with Crippen molar-refractivity contribution in [3.8, 4) is 0 Å². The smallest absolute Gasteiger partial charge is 0.266 e. The van der Waals surface area contributed by atoms with Gasteiger partial charge in [0.1, 0.15) is 5.02 Å². The number of nitrogens with one attached hydrogen (secondary N) is 2. The van der Waals surface area contributed by atoms with Gasteiger partial charge in [0, 0.05) is 19.3 Å². The van der Waals surface area contributed by atoms with Crippen molar-refractivity contribution in [2.75, 3.05) is 13.2 Å².